The van der Waals surface area contributed by atoms with E-state index in [-0.39, 0.29) is 0 Å². The average molecular weight is 399 g/mol. The Labute approximate surface area is 164 Å². The number of rotatable bonds is 8. The zero-order valence-electron chi connectivity index (χ0n) is 15.2. The zero-order valence-corrected chi connectivity index (χ0v) is 16.8. The molecule has 0 saturated carbocycles. The lowest BCUT2D eigenvalue weighted by Crippen LogP contribution is -2.31. The molecule has 0 spiro atoms. The van der Waals surface area contributed by atoms with Crippen molar-refractivity contribution >= 4 is 27.4 Å². The first-order valence-corrected chi connectivity index (χ1v) is 11.1. The molecular formula is C21H22N2O2S2. The lowest BCUT2D eigenvalue weighted by atomic mass is 10.2. The summed E-state index contributed by atoms with van der Waals surface area (Å²) < 4.78 is 27.4. The molecule has 2 aromatic heterocycles. The zero-order chi connectivity index (χ0) is 19.1. The summed E-state index contributed by atoms with van der Waals surface area (Å²) in [6.45, 7) is 2.74. The number of aromatic nitrogens is 1. The number of thiophene rings is 1. The second-order valence-corrected chi connectivity index (χ2v) is 9.13. The molecule has 0 amide bonds. The van der Waals surface area contributed by atoms with Gasteiger partial charge in [-0.05, 0) is 48.1 Å². The first-order chi connectivity index (χ1) is 13.0. The smallest absolute Gasteiger partial charge is 0.236 e. The van der Waals surface area contributed by atoms with Crippen molar-refractivity contribution in [2.24, 2.45) is 0 Å². The fourth-order valence-corrected chi connectivity index (χ4v) is 4.48. The van der Waals surface area contributed by atoms with Crippen molar-refractivity contribution in [3.63, 3.8) is 0 Å². The first kappa shape index (κ1) is 19.5. The maximum absolute atomic E-state index is 13.0. The number of hydrogen-bond acceptors (Lipinski definition) is 4. The van der Waals surface area contributed by atoms with Crippen LogP contribution < -0.4 is 0 Å². The van der Waals surface area contributed by atoms with Gasteiger partial charge in [-0.2, -0.15) is 4.31 Å². The fraction of sp³-hybridized carbons (Fsp3) is 0.190. The maximum Gasteiger partial charge on any atom is 0.236 e. The molecule has 0 aliphatic heterocycles. The van der Waals surface area contributed by atoms with Crippen LogP contribution in [0.25, 0.3) is 6.08 Å². The van der Waals surface area contributed by atoms with Gasteiger partial charge in [-0.15, -0.1) is 11.3 Å². The second kappa shape index (κ2) is 9.08. The van der Waals surface area contributed by atoms with Crippen LogP contribution in [-0.4, -0.2) is 24.3 Å². The highest BCUT2D eigenvalue weighted by molar-refractivity contribution is 7.92. The van der Waals surface area contributed by atoms with E-state index < -0.39 is 10.0 Å². The third kappa shape index (κ3) is 5.85. The minimum atomic E-state index is -3.55. The molecule has 6 heteroatoms. The summed E-state index contributed by atoms with van der Waals surface area (Å²) in [7, 11) is -3.55. The van der Waals surface area contributed by atoms with Crippen molar-refractivity contribution in [3.8, 4) is 0 Å². The normalized spacial score (nSPS) is 12.1. The van der Waals surface area contributed by atoms with Crippen molar-refractivity contribution in [3.05, 3.63) is 93.3 Å². The number of aryl methyl sites for hydroxylation is 1. The quantitative estimate of drug-likeness (QED) is 0.561. The Kier molecular flexibility index (Phi) is 6.55. The molecule has 0 fully saturated rings. The van der Waals surface area contributed by atoms with E-state index in [0.29, 0.717) is 19.5 Å². The standard InChI is InChI=1S/C21H22N2O2S2/c1-18-6-8-19(9-7-18)11-15-27(24,25)23(13-10-21-5-3-14-26-21)17-20-4-2-12-22-16-20/h2-9,11-12,14-16H,10,13,17H2,1H3. The van der Waals surface area contributed by atoms with Gasteiger partial charge in [-0.1, -0.05) is 42.0 Å². The van der Waals surface area contributed by atoms with Gasteiger partial charge >= 0.3 is 0 Å². The van der Waals surface area contributed by atoms with Gasteiger partial charge in [0, 0.05) is 35.8 Å². The van der Waals surface area contributed by atoms with Gasteiger partial charge in [0.05, 0.1) is 0 Å². The molecular weight excluding hydrogens is 376 g/mol. The van der Waals surface area contributed by atoms with Crippen molar-refractivity contribution in [2.45, 2.75) is 19.9 Å². The summed E-state index contributed by atoms with van der Waals surface area (Å²) >= 11 is 1.64. The van der Waals surface area contributed by atoms with Crippen LogP contribution in [0.15, 0.2) is 71.7 Å². The molecule has 2 heterocycles. The molecule has 3 rings (SSSR count). The third-order valence-electron chi connectivity index (χ3n) is 4.14. The van der Waals surface area contributed by atoms with Gasteiger partial charge in [0.1, 0.15) is 0 Å². The predicted molar refractivity (Wildman–Crippen MR) is 112 cm³/mol. The van der Waals surface area contributed by atoms with Gasteiger partial charge in [0.2, 0.25) is 10.0 Å². The number of nitrogens with zero attached hydrogens (tertiary/aromatic N) is 2. The summed E-state index contributed by atoms with van der Waals surface area (Å²) in [5.74, 6) is 0. The topological polar surface area (TPSA) is 50.3 Å². The van der Waals surface area contributed by atoms with Gasteiger partial charge in [-0.3, -0.25) is 4.98 Å². The molecule has 1 aromatic carbocycles. The fourth-order valence-electron chi connectivity index (χ4n) is 2.61. The van der Waals surface area contributed by atoms with Crippen LogP contribution in [0.3, 0.4) is 0 Å². The molecule has 0 bridgehead atoms. The Bertz CT molecular complexity index is 965. The van der Waals surface area contributed by atoms with Crippen LogP contribution in [0, 0.1) is 6.92 Å². The number of sulfonamides is 1. The highest BCUT2D eigenvalue weighted by Gasteiger charge is 2.19. The van der Waals surface area contributed by atoms with Crippen molar-refractivity contribution < 1.29 is 8.42 Å². The molecule has 27 heavy (non-hydrogen) atoms. The molecule has 0 atom stereocenters. The Morgan fingerprint density at radius 3 is 2.59 bits per heavy atom. The van der Waals surface area contributed by atoms with E-state index in [2.05, 4.69) is 4.98 Å². The van der Waals surface area contributed by atoms with Crippen LogP contribution in [0.2, 0.25) is 0 Å². The van der Waals surface area contributed by atoms with E-state index in [0.717, 1.165) is 16.7 Å². The Balaban J connectivity index is 1.79. The van der Waals surface area contributed by atoms with Gasteiger partial charge < -0.3 is 0 Å². The molecule has 0 unspecified atom stereocenters. The molecule has 140 valence electrons. The van der Waals surface area contributed by atoms with E-state index in [9.17, 15) is 8.42 Å². The van der Waals surface area contributed by atoms with Crippen molar-refractivity contribution in [2.75, 3.05) is 6.54 Å². The molecule has 4 nitrogen and oxygen atoms in total. The third-order valence-corrected chi connectivity index (χ3v) is 6.59. The molecule has 3 aromatic rings. The Morgan fingerprint density at radius 1 is 1.11 bits per heavy atom. The van der Waals surface area contributed by atoms with Crippen molar-refractivity contribution in [1.82, 2.24) is 9.29 Å². The van der Waals surface area contributed by atoms with Crippen LogP contribution in [0.1, 0.15) is 21.6 Å². The summed E-state index contributed by atoms with van der Waals surface area (Å²) in [4.78, 5) is 5.26. The summed E-state index contributed by atoms with van der Waals surface area (Å²) in [6.07, 6.45) is 5.73. The number of hydrogen-bond donors (Lipinski definition) is 0. The van der Waals surface area contributed by atoms with Crippen LogP contribution in [0.5, 0.6) is 0 Å². The molecule has 0 aliphatic rings. The highest BCUT2D eigenvalue weighted by atomic mass is 32.2. The Hall–Kier alpha value is -2.28. The van der Waals surface area contributed by atoms with E-state index >= 15 is 0 Å². The van der Waals surface area contributed by atoms with Gasteiger partial charge in [0.15, 0.2) is 0 Å². The van der Waals surface area contributed by atoms with Crippen LogP contribution in [-0.2, 0) is 23.0 Å². The number of pyridine rings is 1. The minimum absolute atomic E-state index is 0.305. The van der Waals surface area contributed by atoms with E-state index in [1.807, 2.05) is 60.8 Å². The van der Waals surface area contributed by atoms with Crippen LogP contribution in [0.4, 0.5) is 0 Å². The minimum Gasteiger partial charge on any atom is -0.264 e. The Morgan fingerprint density at radius 2 is 1.93 bits per heavy atom. The highest BCUT2D eigenvalue weighted by Crippen LogP contribution is 2.16. The summed E-state index contributed by atoms with van der Waals surface area (Å²) in [5, 5.41) is 3.30. The molecule has 0 saturated heterocycles. The lowest BCUT2D eigenvalue weighted by molar-refractivity contribution is 0.416. The lowest BCUT2D eigenvalue weighted by Gasteiger charge is -2.20. The molecule has 0 radical (unpaired) electrons. The summed E-state index contributed by atoms with van der Waals surface area (Å²) in [5.41, 5.74) is 2.88. The average Bonchev–Trinajstić information content (AvgIpc) is 3.19. The molecule has 0 aliphatic carbocycles. The van der Waals surface area contributed by atoms with Crippen LogP contribution >= 0.6 is 11.3 Å². The van der Waals surface area contributed by atoms with E-state index in [4.69, 9.17) is 0 Å². The molecule has 0 N–H and O–H groups in total. The van der Waals surface area contributed by atoms with Crippen molar-refractivity contribution in [1.29, 1.82) is 0 Å². The van der Waals surface area contributed by atoms with E-state index in [1.165, 1.54) is 14.6 Å². The predicted octanol–water partition coefficient (Wildman–Crippen LogP) is 4.50. The number of benzene rings is 1. The SMILES string of the molecule is Cc1ccc(C=CS(=O)(=O)N(CCc2cccs2)Cc2cccnc2)cc1. The summed E-state index contributed by atoms with van der Waals surface area (Å²) in [6, 6.07) is 15.5. The van der Waals surface area contributed by atoms with Gasteiger partial charge in [0.25, 0.3) is 0 Å². The second-order valence-electron chi connectivity index (χ2n) is 6.28. The monoisotopic (exact) mass is 398 g/mol. The van der Waals surface area contributed by atoms with Gasteiger partial charge in [-0.25, -0.2) is 8.42 Å². The largest absolute Gasteiger partial charge is 0.264 e. The first-order valence-electron chi connectivity index (χ1n) is 8.69. The maximum atomic E-state index is 13.0. The van der Waals surface area contributed by atoms with E-state index in [1.54, 1.807) is 29.8 Å².